The van der Waals surface area contributed by atoms with Crippen molar-refractivity contribution >= 4 is 17.5 Å². The molecule has 2 aromatic rings. The first kappa shape index (κ1) is 17.1. The van der Waals surface area contributed by atoms with Gasteiger partial charge in [-0.05, 0) is 55.2 Å². The molecule has 1 saturated heterocycles. The summed E-state index contributed by atoms with van der Waals surface area (Å²) in [6.45, 7) is 2.56. The van der Waals surface area contributed by atoms with Crippen LogP contribution in [0.25, 0.3) is 0 Å². The van der Waals surface area contributed by atoms with Gasteiger partial charge in [-0.1, -0.05) is 25.1 Å². The number of benzene rings is 2. The number of aryl methyl sites for hydroxylation is 1. The Balaban J connectivity index is 1.75. The largest absolute Gasteiger partial charge is 0.327 e. The Bertz CT molecular complexity index is 774. The van der Waals surface area contributed by atoms with E-state index < -0.39 is 6.04 Å². The van der Waals surface area contributed by atoms with Crippen LogP contribution in [-0.4, -0.2) is 29.3 Å². The quantitative estimate of drug-likeness (QED) is 0.924. The van der Waals surface area contributed by atoms with Gasteiger partial charge in [0, 0.05) is 17.8 Å². The number of nitrogens with one attached hydrogen (secondary N) is 1. The lowest BCUT2D eigenvalue weighted by Crippen LogP contribution is -2.43. The molecular formula is C20H21FN2O2. The normalized spacial score (nSPS) is 16.7. The Morgan fingerprint density at radius 2 is 1.88 bits per heavy atom. The number of halogens is 1. The predicted octanol–water partition coefficient (Wildman–Crippen LogP) is 3.63. The minimum absolute atomic E-state index is 0.172. The summed E-state index contributed by atoms with van der Waals surface area (Å²) in [6.07, 6.45) is 2.23. The van der Waals surface area contributed by atoms with E-state index in [0.29, 0.717) is 18.5 Å². The molecule has 1 heterocycles. The lowest BCUT2D eigenvalue weighted by Gasteiger charge is -2.24. The molecule has 0 aliphatic carbocycles. The molecule has 130 valence electrons. The first-order valence-corrected chi connectivity index (χ1v) is 8.55. The second kappa shape index (κ2) is 7.47. The highest BCUT2D eigenvalue weighted by Crippen LogP contribution is 2.23. The van der Waals surface area contributed by atoms with Gasteiger partial charge >= 0.3 is 0 Å². The number of anilines is 1. The van der Waals surface area contributed by atoms with Crippen molar-refractivity contribution < 1.29 is 14.0 Å². The highest BCUT2D eigenvalue weighted by molar-refractivity contribution is 6.01. The summed E-state index contributed by atoms with van der Waals surface area (Å²) in [5.74, 6) is -0.793. The highest BCUT2D eigenvalue weighted by atomic mass is 19.1. The van der Waals surface area contributed by atoms with E-state index in [0.717, 1.165) is 24.1 Å². The number of amides is 2. The highest BCUT2D eigenvalue weighted by Gasteiger charge is 2.34. The average Bonchev–Trinajstić information content (AvgIpc) is 3.12. The summed E-state index contributed by atoms with van der Waals surface area (Å²) in [4.78, 5) is 27.0. The van der Waals surface area contributed by atoms with Crippen LogP contribution in [0.5, 0.6) is 0 Å². The molecule has 3 rings (SSSR count). The van der Waals surface area contributed by atoms with Crippen LogP contribution in [0.4, 0.5) is 10.1 Å². The summed E-state index contributed by atoms with van der Waals surface area (Å²) in [5.41, 5.74) is 2.25. The summed E-state index contributed by atoms with van der Waals surface area (Å²) in [5, 5.41) is 2.96. The molecule has 4 nitrogen and oxygen atoms in total. The molecule has 0 aromatic heterocycles. The number of hydrogen-bond acceptors (Lipinski definition) is 2. The third-order valence-corrected chi connectivity index (χ3v) is 4.56. The number of nitrogens with zero attached hydrogens (tertiary/aromatic N) is 1. The Morgan fingerprint density at radius 1 is 1.16 bits per heavy atom. The predicted molar refractivity (Wildman–Crippen MR) is 94.9 cm³/mol. The molecule has 0 saturated carbocycles. The first-order chi connectivity index (χ1) is 12.1. The van der Waals surface area contributed by atoms with Crippen LogP contribution in [0, 0.1) is 5.82 Å². The van der Waals surface area contributed by atoms with Crippen molar-refractivity contribution in [2.75, 3.05) is 11.9 Å². The van der Waals surface area contributed by atoms with E-state index in [4.69, 9.17) is 0 Å². The fourth-order valence-corrected chi connectivity index (χ4v) is 3.21. The van der Waals surface area contributed by atoms with Crippen molar-refractivity contribution in [3.8, 4) is 0 Å². The molecule has 25 heavy (non-hydrogen) atoms. The number of rotatable bonds is 4. The molecule has 1 aliphatic heterocycles. The Morgan fingerprint density at radius 3 is 2.60 bits per heavy atom. The lowest BCUT2D eigenvalue weighted by atomic mass is 10.1. The van der Waals surface area contributed by atoms with Gasteiger partial charge in [-0.3, -0.25) is 9.59 Å². The third kappa shape index (κ3) is 3.71. The van der Waals surface area contributed by atoms with Gasteiger partial charge < -0.3 is 10.2 Å². The van der Waals surface area contributed by atoms with Crippen LogP contribution >= 0.6 is 0 Å². The van der Waals surface area contributed by atoms with E-state index in [1.807, 2.05) is 31.2 Å². The van der Waals surface area contributed by atoms with E-state index in [-0.39, 0.29) is 17.6 Å². The van der Waals surface area contributed by atoms with Gasteiger partial charge in [0.25, 0.3) is 5.91 Å². The topological polar surface area (TPSA) is 49.4 Å². The maximum Gasteiger partial charge on any atom is 0.254 e. The maximum absolute atomic E-state index is 13.1. The molecule has 0 radical (unpaired) electrons. The zero-order valence-electron chi connectivity index (χ0n) is 14.2. The zero-order chi connectivity index (χ0) is 17.8. The van der Waals surface area contributed by atoms with Crippen LogP contribution in [0.1, 0.15) is 35.7 Å². The minimum Gasteiger partial charge on any atom is -0.327 e. The van der Waals surface area contributed by atoms with Crippen molar-refractivity contribution in [1.29, 1.82) is 0 Å². The van der Waals surface area contributed by atoms with E-state index >= 15 is 0 Å². The molecule has 5 heteroatoms. The van der Waals surface area contributed by atoms with Gasteiger partial charge in [0.1, 0.15) is 11.9 Å². The number of carbonyl (C=O) groups excluding carboxylic acids is 2. The minimum atomic E-state index is -0.498. The van der Waals surface area contributed by atoms with Gasteiger partial charge in [-0.15, -0.1) is 0 Å². The summed E-state index contributed by atoms with van der Waals surface area (Å²) in [6, 6.07) is 12.6. The molecule has 1 N–H and O–H groups in total. The van der Waals surface area contributed by atoms with Crippen LogP contribution in [0.3, 0.4) is 0 Å². The third-order valence-electron chi connectivity index (χ3n) is 4.56. The summed E-state index contributed by atoms with van der Waals surface area (Å²) >= 11 is 0. The van der Waals surface area contributed by atoms with Gasteiger partial charge in [0.15, 0.2) is 0 Å². The Labute approximate surface area is 146 Å². The van der Waals surface area contributed by atoms with Crippen LogP contribution in [0.2, 0.25) is 0 Å². The van der Waals surface area contributed by atoms with Gasteiger partial charge in [0.05, 0.1) is 0 Å². The van der Waals surface area contributed by atoms with Crippen LogP contribution in [0.15, 0.2) is 48.5 Å². The van der Waals surface area contributed by atoms with Crippen LogP contribution in [-0.2, 0) is 11.2 Å². The Kier molecular flexibility index (Phi) is 5.12. The lowest BCUT2D eigenvalue weighted by molar-refractivity contribution is -0.119. The van der Waals surface area contributed by atoms with Crippen molar-refractivity contribution in [2.45, 2.75) is 32.2 Å². The van der Waals surface area contributed by atoms with Crippen molar-refractivity contribution in [3.05, 3.63) is 65.5 Å². The molecule has 0 unspecified atom stereocenters. The molecule has 2 aromatic carbocycles. The average molecular weight is 340 g/mol. The molecule has 0 spiro atoms. The molecule has 1 fully saturated rings. The number of hydrogen-bond donors (Lipinski definition) is 1. The SMILES string of the molecule is CCc1ccccc1NC(=O)[C@H]1CCCN1C(=O)c1ccc(F)cc1. The van der Waals surface area contributed by atoms with Crippen LogP contribution < -0.4 is 5.32 Å². The smallest absolute Gasteiger partial charge is 0.254 e. The molecule has 0 bridgehead atoms. The fourth-order valence-electron chi connectivity index (χ4n) is 3.21. The van der Waals surface area contributed by atoms with Gasteiger partial charge in [-0.2, -0.15) is 0 Å². The second-order valence-electron chi connectivity index (χ2n) is 6.16. The number of para-hydroxylation sites is 1. The molecule has 2 amide bonds. The van der Waals surface area contributed by atoms with E-state index in [2.05, 4.69) is 5.32 Å². The second-order valence-corrected chi connectivity index (χ2v) is 6.16. The van der Waals surface area contributed by atoms with Gasteiger partial charge in [-0.25, -0.2) is 4.39 Å². The standard InChI is InChI=1S/C20H21FN2O2/c1-2-14-6-3-4-7-17(14)22-19(24)18-8-5-13-23(18)20(25)15-9-11-16(21)12-10-15/h3-4,6-7,9-12,18H,2,5,8,13H2,1H3,(H,22,24)/t18-/m1/s1. The molecular weight excluding hydrogens is 319 g/mol. The first-order valence-electron chi connectivity index (χ1n) is 8.55. The van der Waals surface area contributed by atoms with Crippen molar-refractivity contribution in [1.82, 2.24) is 4.90 Å². The van der Waals surface area contributed by atoms with E-state index in [9.17, 15) is 14.0 Å². The monoisotopic (exact) mass is 340 g/mol. The van der Waals surface area contributed by atoms with Crippen molar-refractivity contribution in [3.63, 3.8) is 0 Å². The van der Waals surface area contributed by atoms with Gasteiger partial charge in [0.2, 0.25) is 5.91 Å². The Hall–Kier alpha value is -2.69. The molecule has 1 atom stereocenters. The summed E-state index contributed by atoms with van der Waals surface area (Å²) in [7, 11) is 0. The maximum atomic E-state index is 13.1. The molecule has 1 aliphatic rings. The number of likely N-dealkylation sites (tertiary alicyclic amines) is 1. The zero-order valence-corrected chi connectivity index (χ0v) is 14.2. The van der Waals surface area contributed by atoms with E-state index in [1.54, 1.807) is 4.90 Å². The van der Waals surface area contributed by atoms with Crippen molar-refractivity contribution in [2.24, 2.45) is 0 Å². The fraction of sp³-hybridized carbons (Fsp3) is 0.300. The van der Waals surface area contributed by atoms with E-state index in [1.165, 1.54) is 24.3 Å². The summed E-state index contributed by atoms with van der Waals surface area (Å²) < 4.78 is 13.1. The number of carbonyl (C=O) groups is 2.